The zero-order valence-electron chi connectivity index (χ0n) is 35.2. The third kappa shape index (κ3) is 12.5. The molecule has 0 radical (unpaired) electrons. The maximum Gasteiger partial charge on any atom is 3.00 e. The van der Waals surface area contributed by atoms with Crippen molar-refractivity contribution in [2.75, 3.05) is 0 Å². The van der Waals surface area contributed by atoms with E-state index in [1.807, 2.05) is 24.3 Å². The van der Waals surface area contributed by atoms with Crippen LogP contribution in [0, 0.1) is 0 Å². The number of carbonyl (C=O) groups is 4. The van der Waals surface area contributed by atoms with E-state index in [1.165, 1.54) is 84.9 Å². The van der Waals surface area contributed by atoms with Crippen molar-refractivity contribution >= 4 is 67.8 Å². The smallest absolute Gasteiger partial charge is 0.871 e. The van der Waals surface area contributed by atoms with Gasteiger partial charge in [0.15, 0.2) is 11.6 Å². The van der Waals surface area contributed by atoms with Crippen molar-refractivity contribution in [3.05, 3.63) is 191 Å². The summed E-state index contributed by atoms with van der Waals surface area (Å²) in [5, 5.41) is 90.4. The molecule has 0 saturated heterocycles. The van der Waals surface area contributed by atoms with Crippen molar-refractivity contribution in [2.45, 2.75) is 0 Å². The molecule has 0 aliphatic heterocycles. The third-order valence-electron chi connectivity index (χ3n) is 9.47. The summed E-state index contributed by atoms with van der Waals surface area (Å²) in [5.41, 5.74) is -0.564. The summed E-state index contributed by atoms with van der Waals surface area (Å²) in [6, 6.07) is 39.1. The quantitative estimate of drug-likeness (QED) is 0.0763. The second kappa shape index (κ2) is 24.8. The summed E-state index contributed by atoms with van der Waals surface area (Å²) >= 11 is 0. The summed E-state index contributed by atoms with van der Waals surface area (Å²) < 4.78 is 0. The summed E-state index contributed by atoms with van der Waals surface area (Å²) in [5.74, 6) is -6.07. The van der Waals surface area contributed by atoms with E-state index in [-0.39, 0.29) is 173 Å². The Hall–Kier alpha value is -5.53. The van der Waals surface area contributed by atoms with Crippen molar-refractivity contribution in [1.29, 1.82) is 0 Å². The molecule has 0 atom stereocenters. The molecule has 0 fully saturated rings. The second-order valence-corrected chi connectivity index (χ2v) is 13.4. The number of rotatable bonds is 10. The minimum atomic E-state index is -1.49. The van der Waals surface area contributed by atoms with Gasteiger partial charge in [0.05, 0.1) is 34.7 Å². The first-order chi connectivity index (χ1) is 29.9. The van der Waals surface area contributed by atoms with Crippen LogP contribution in [-0.2, 0) is 16.8 Å². The summed E-state index contributed by atoms with van der Waals surface area (Å²) in [6.45, 7) is 0. The van der Waals surface area contributed by atoms with Gasteiger partial charge >= 0.3 is 105 Å². The number of hydrogen-bond acceptors (Lipinski definition) is 14. The molecule has 0 saturated carbocycles. The van der Waals surface area contributed by atoms with Crippen molar-refractivity contribution in [3.63, 3.8) is 0 Å². The largest absolute Gasteiger partial charge is 3.00 e. The monoisotopic (exact) mass is 946 g/mol. The predicted molar refractivity (Wildman–Crippen MR) is 215 cm³/mol. The number of fused-ring (bicyclic) bond motifs is 2. The Morgan fingerprint density at radius 3 is 1.05 bits per heavy atom. The number of nitrogens with zero attached hydrogens (tertiary/aromatic N) is 4. The third-order valence-corrected chi connectivity index (χ3v) is 9.47. The molecule has 8 rings (SSSR count). The van der Waals surface area contributed by atoms with Crippen LogP contribution in [0.1, 0.15) is 52.6 Å². The van der Waals surface area contributed by atoms with Crippen LogP contribution in [0.3, 0.4) is 0 Å². The average molecular weight is 947 g/mol. The Balaban J connectivity index is 0.000000330. The Morgan fingerprint density at radius 1 is 0.364 bits per heavy atom. The Kier molecular flexibility index (Phi) is 20.6. The van der Waals surface area contributed by atoms with Gasteiger partial charge in [-0.25, -0.2) is 0 Å². The molecule has 8 aromatic rings. The zero-order chi connectivity index (χ0) is 43.9. The number of azo groups is 2. The fourth-order valence-corrected chi connectivity index (χ4v) is 6.39. The van der Waals surface area contributed by atoms with Crippen LogP contribution in [0.2, 0.25) is 0 Å². The van der Waals surface area contributed by atoms with Gasteiger partial charge in [-0.2, -0.15) is 20.5 Å². The molecule has 0 N–H and O–H groups in total. The van der Waals surface area contributed by atoms with Gasteiger partial charge in [-0.05, 0) is 35.0 Å². The number of carbonyl (C=O) groups excluding carboxylic acids is 4. The molecule has 310 valence electrons. The minimum absolute atomic E-state index is 0. The fourth-order valence-electron chi connectivity index (χ4n) is 6.39. The van der Waals surface area contributed by atoms with E-state index in [1.54, 1.807) is 36.4 Å². The van der Waals surface area contributed by atoms with Gasteiger partial charge in [0.2, 0.25) is 0 Å². The SMILES string of the molecule is O=C([O-])c1ccccc1C(=O)c1ccc(N=Nc2c([O-])ccc3ccccc23)c([O-])c1.O=C([O-])c1ccccc1C(=O)c1ccc(N=Nc2c([O-])ccc3ccccc23)c([O-])c1.[Co+3].[Na+].[Na+].[Na+]. The number of aromatic carboxylic acids is 2. The maximum atomic E-state index is 12.7. The van der Waals surface area contributed by atoms with E-state index in [0.717, 1.165) is 22.9 Å². The summed E-state index contributed by atoms with van der Waals surface area (Å²) in [4.78, 5) is 47.8. The molecular formula is C48H26CoN4Na3O10. The van der Waals surface area contributed by atoms with Crippen molar-refractivity contribution < 1.29 is 155 Å². The van der Waals surface area contributed by atoms with Crippen LogP contribution in [0.4, 0.5) is 22.7 Å². The Morgan fingerprint density at radius 2 is 0.697 bits per heavy atom. The molecule has 14 nitrogen and oxygen atoms in total. The van der Waals surface area contributed by atoms with Crippen LogP contribution < -0.4 is 119 Å². The van der Waals surface area contributed by atoms with Crippen molar-refractivity contribution in [3.8, 4) is 23.0 Å². The van der Waals surface area contributed by atoms with Crippen LogP contribution >= 0.6 is 0 Å². The zero-order valence-corrected chi connectivity index (χ0v) is 42.3. The van der Waals surface area contributed by atoms with Gasteiger partial charge < -0.3 is 40.2 Å². The van der Waals surface area contributed by atoms with Gasteiger partial charge in [0, 0.05) is 44.2 Å². The van der Waals surface area contributed by atoms with Gasteiger partial charge in [-0.3, -0.25) is 9.59 Å². The Labute approximate surface area is 452 Å². The fraction of sp³-hybridized carbons (Fsp3) is 0. The molecule has 0 heterocycles. The molecule has 66 heavy (non-hydrogen) atoms. The summed E-state index contributed by atoms with van der Waals surface area (Å²) in [7, 11) is 0. The van der Waals surface area contributed by atoms with E-state index in [4.69, 9.17) is 0 Å². The molecule has 0 aromatic heterocycles. The molecule has 8 aromatic carbocycles. The molecule has 0 spiro atoms. The van der Waals surface area contributed by atoms with Crippen LogP contribution in [0.15, 0.2) is 178 Å². The van der Waals surface area contributed by atoms with E-state index in [9.17, 15) is 49.8 Å². The molecule has 18 heteroatoms. The van der Waals surface area contributed by atoms with Crippen LogP contribution in [-0.4, -0.2) is 23.5 Å². The van der Waals surface area contributed by atoms with Gasteiger partial charge in [0.25, 0.3) is 0 Å². The Bertz CT molecular complexity index is 2960. The number of hydrogen-bond donors (Lipinski definition) is 0. The summed E-state index contributed by atoms with van der Waals surface area (Å²) in [6.07, 6.45) is 0. The van der Waals surface area contributed by atoms with Gasteiger partial charge in [0.1, 0.15) is 0 Å². The minimum Gasteiger partial charge on any atom is -0.871 e. The molecule has 0 aliphatic rings. The van der Waals surface area contributed by atoms with E-state index in [0.29, 0.717) is 10.8 Å². The van der Waals surface area contributed by atoms with Gasteiger partial charge in [-0.15, -0.1) is 0 Å². The van der Waals surface area contributed by atoms with Gasteiger partial charge in [-0.1, -0.05) is 156 Å². The predicted octanol–water partition coefficient (Wildman–Crippen LogP) is -3.00. The van der Waals surface area contributed by atoms with Crippen molar-refractivity contribution in [1.82, 2.24) is 0 Å². The molecular weight excluding hydrogens is 920 g/mol. The average Bonchev–Trinajstić information content (AvgIpc) is 3.28. The van der Waals surface area contributed by atoms with E-state index < -0.39 is 35.0 Å². The first-order valence-electron chi connectivity index (χ1n) is 18.4. The standard InChI is InChI=1S/2C24H16N2O5.Co.3Na/c2*27-20-12-10-14-5-1-2-6-16(14)22(20)26-25-19-11-9-15(13-21(19)28)23(29)17-7-3-4-8-18(17)24(30)31;;;;/h2*1-13,27-28H,(H,30,31);;;;/q;;+3;3*+1/p-6. The molecule has 0 amide bonds. The van der Waals surface area contributed by atoms with E-state index >= 15 is 0 Å². The first kappa shape index (κ1) is 54.8. The second-order valence-electron chi connectivity index (χ2n) is 13.4. The number of benzene rings is 8. The number of ketones is 2. The van der Waals surface area contributed by atoms with Crippen LogP contribution in [0.5, 0.6) is 23.0 Å². The molecule has 0 aliphatic carbocycles. The maximum absolute atomic E-state index is 12.7. The normalized spacial score (nSPS) is 10.4. The topological polar surface area (TPSA) is 256 Å². The van der Waals surface area contributed by atoms with Crippen LogP contribution in [0.25, 0.3) is 21.5 Å². The van der Waals surface area contributed by atoms with Crippen molar-refractivity contribution in [2.24, 2.45) is 20.5 Å². The first-order valence-corrected chi connectivity index (χ1v) is 18.4. The number of carboxylic acid groups (broad SMARTS) is 2. The molecule has 0 bridgehead atoms. The number of carboxylic acids is 2. The van der Waals surface area contributed by atoms with E-state index in [2.05, 4.69) is 20.5 Å². The molecule has 0 unspecified atom stereocenters.